The van der Waals surface area contributed by atoms with Gasteiger partial charge in [-0.3, -0.25) is 33.8 Å². The molecule has 4 atom stereocenters. The molecule has 6 amide bonds. The highest BCUT2D eigenvalue weighted by atomic mass is 16.3. The Bertz CT molecular complexity index is 1800. The zero-order chi connectivity index (χ0) is 42.5. The number of primary amides is 1. The molecule has 10 N–H and O–H groups in total. The number of phenolic OH excluding ortho intramolecular Hbond substituents is 1. The normalized spacial score (nSPS) is 19.2. The number of aliphatic imine (C=N–C) groups is 1. The Balaban J connectivity index is 1.33. The molecule has 1 saturated carbocycles. The molecule has 16 nitrogen and oxygen atoms in total. The van der Waals surface area contributed by atoms with Crippen LogP contribution in [0.3, 0.4) is 0 Å². The highest BCUT2D eigenvalue weighted by Crippen LogP contribution is 2.37. The molecule has 0 aromatic heterocycles. The van der Waals surface area contributed by atoms with Gasteiger partial charge in [0.15, 0.2) is 5.96 Å². The standard InChI is InChI=1S/C43H61N9O7/c1-28(53)51-24-20-43(21-25-51,31-12-6-3-7-13-31)41(59)50-35(27-29-10-4-2-5-11-29)40(58)52-23-19-36(52)39(57)49-34(26-30-15-17-32(54)18-16-30)38(56)48-33(37(44)55)14-8-9-22-47-42(45)46/h3,6-7,12-13,15-18,29,33-36,54H,2,4-5,8-11,14,19-27H2,1H3,(H2,44,55)(H,48,56)(H,49,57)(H,50,59)(H4,45,46,47)/t33-,34+,35+,36?/m0/s1. The summed E-state index contributed by atoms with van der Waals surface area (Å²) in [5, 5.41) is 18.5. The van der Waals surface area contributed by atoms with Crippen LogP contribution >= 0.6 is 0 Å². The number of benzene rings is 2. The van der Waals surface area contributed by atoms with Crippen LogP contribution in [0.5, 0.6) is 5.75 Å². The van der Waals surface area contributed by atoms with Crippen molar-refractivity contribution in [2.45, 2.75) is 120 Å². The fourth-order valence-corrected chi connectivity index (χ4v) is 8.58. The quantitative estimate of drug-likeness (QED) is 0.0653. The van der Waals surface area contributed by atoms with Gasteiger partial charge in [-0.25, -0.2) is 0 Å². The molecule has 5 rings (SSSR count). The van der Waals surface area contributed by atoms with Crippen molar-refractivity contribution < 1.29 is 33.9 Å². The number of amides is 6. The number of aromatic hydroxyl groups is 1. The minimum Gasteiger partial charge on any atom is -0.508 e. The average Bonchev–Trinajstić information content (AvgIpc) is 3.20. The van der Waals surface area contributed by atoms with Gasteiger partial charge in [0.25, 0.3) is 0 Å². The molecule has 3 fully saturated rings. The summed E-state index contributed by atoms with van der Waals surface area (Å²) < 4.78 is 0. The van der Waals surface area contributed by atoms with Gasteiger partial charge in [-0.15, -0.1) is 0 Å². The summed E-state index contributed by atoms with van der Waals surface area (Å²) in [7, 11) is 0. The van der Waals surface area contributed by atoms with E-state index in [4.69, 9.17) is 17.2 Å². The summed E-state index contributed by atoms with van der Waals surface area (Å²) in [4.78, 5) is 88.8. The molecule has 320 valence electrons. The molecule has 2 heterocycles. The lowest BCUT2D eigenvalue weighted by atomic mass is 9.71. The van der Waals surface area contributed by atoms with Gasteiger partial charge in [-0.05, 0) is 74.1 Å². The van der Waals surface area contributed by atoms with E-state index in [-0.39, 0.29) is 48.2 Å². The third kappa shape index (κ3) is 11.9. The minimum atomic E-state index is -1.16. The first-order valence-electron chi connectivity index (χ1n) is 20.9. The smallest absolute Gasteiger partial charge is 0.245 e. The van der Waals surface area contributed by atoms with Crippen molar-refractivity contribution in [2.75, 3.05) is 26.2 Å². The number of guanidine groups is 1. The van der Waals surface area contributed by atoms with Crippen LogP contribution in [0.1, 0.15) is 95.1 Å². The first kappa shape index (κ1) is 44.4. The van der Waals surface area contributed by atoms with Crippen LogP contribution in [0.4, 0.5) is 0 Å². The van der Waals surface area contributed by atoms with Gasteiger partial charge in [-0.2, -0.15) is 0 Å². The molecule has 1 unspecified atom stereocenters. The average molecular weight is 816 g/mol. The van der Waals surface area contributed by atoms with Crippen LogP contribution in [-0.4, -0.2) is 107 Å². The van der Waals surface area contributed by atoms with Crippen LogP contribution in [0.25, 0.3) is 0 Å². The van der Waals surface area contributed by atoms with Crippen molar-refractivity contribution in [1.29, 1.82) is 0 Å². The molecule has 0 bridgehead atoms. The van der Waals surface area contributed by atoms with Crippen molar-refractivity contribution in [2.24, 2.45) is 28.1 Å². The van der Waals surface area contributed by atoms with E-state index in [1.54, 1.807) is 17.0 Å². The first-order chi connectivity index (χ1) is 28.3. The zero-order valence-electron chi connectivity index (χ0n) is 34.1. The van der Waals surface area contributed by atoms with E-state index >= 15 is 0 Å². The van der Waals surface area contributed by atoms with Gasteiger partial charge in [0.05, 0.1) is 5.41 Å². The summed E-state index contributed by atoms with van der Waals surface area (Å²) in [6.07, 6.45) is 7.97. The maximum absolute atomic E-state index is 14.6. The number of rotatable bonds is 18. The predicted octanol–water partition coefficient (Wildman–Crippen LogP) is 1.47. The van der Waals surface area contributed by atoms with Crippen molar-refractivity contribution in [1.82, 2.24) is 25.8 Å². The number of hydrogen-bond donors (Lipinski definition) is 7. The molecule has 2 aromatic rings. The summed E-state index contributed by atoms with van der Waals surface area (Å²) in [5.74, 6) is -2.39. The van der Waals surface area contributed by atoms with E-state index in [2.05, 4.69) is 20.9 Å². The van der Waals surface area contributed by atoms with E-state index in [0.29, 0.717) is 70.3 Å². The van der Waals surface area contributed by atoms with Crippen molar-refractivity contribution in [3.05, 3.63) is 65.7 Å². The van der Waals surface area contributed by atoms with Crippen molar-refractivity contribution >= 4 is 41.4 Å². The molecular formula is C43H61N9O7. The number of phenols is 1. The number of unbranched alkanes of at least 4 members (excludes halogenated alkanes) is 1. The Hall–Kier alpha value is -5.67. The second kappa shape index (κ2) is 20.8. The maximum Gasteiger partial charge on any atom is 0.245 e. The van der Waals surface area contributed by atoms with E-state index in [9.17, 15) is 33.9 Å². The summed E-state index contributed by atoms with van der Waals surface area (Å²) in [5.41, 5.74) is 16.9. The first-order valence-corrected chi connectivity index (χ1v) is 20.9. The molecule has 3 aliphatic rings. The zero-order valence-corrected chi connectivity index (χ0v) is 34.1. The van der Waals surface area contributed by atoms with Crippen molar-refractivity contribution in [3.63, 3.8) is 0 Å². The lowest BCUT2D eigenvalue weighted by Gasteiger charge is -2.44. The van der Waals surface area contributed by atoms with E-state index in [0.717, 1.165) is 37.7 Å². The van der Waals surface area contributed by atoms with Gasteiger partial charge in [0.1, 0.15) is 29.9 Å². The number of likely N-dealkylation sites (tertiary alicyclic amines) is 2. The number of nitrogens with two attached hydrogens (primary N) is 3. The molecular weight excluding hydrogens is 755 g/mol. The fraction of sp³-hybridized carbons (Fsp3) is 0.558. The molecule has 0 radical (unpaired) electrons. The number of carbonyl (C=O) groups excluding carboxylic acids is 6. The second-order valence-corrected chi connectivity index (χ2v) is 16.3. The summed E-state index contributed by atoms with van der Waals surface area (Å²) in [6.45, 7) is 2.98. The molecule has 2 aromatic carbocycles. The molecule has 59 heavy (non-hydrogen) atoms. The topological polar surface area (TPSA) is 256 Å². The van der Waals surface area contributed by atoms with Gasteiger partial charge >= 0.3 is 0 Å². The Morgan fingerprint density at radius 1 is 0.814 bits per heavy atom. The van der Waals surface area contributed by atoms with E-state index in [1.165, 1.54) is 24.0 Å². The summed E-state index contributed by atoms with van der Waals surface area (Å²) >= 11 is 0. The molecule has 2 saturated heterocycles. The Morgan fingerprint density at radius 2 is 1.49 bits per heavy atom. The third-order valence-electron chi connectivity index (χ3n) is 12.2. The number of nitrogens with one attached hydrogen (secondary N) is 3. The van der Waals surface area contributed by atoms with Crippen LogP contribution in [0.15, 0.2) is 59.6 Å². The van der Waals surface area contributed by atoms with Gasteiger partial charge in [-0.1, -0.05) is 74.6 Å². The predicted molar refractivity (Wildman–Crippen MR) is 222 cm³/mol. The van der Waals surface area contributed by atoms with Crippen LogP contribution < -0.4 is 33.2 Å². The van der Waals surface area contributed by atoms with E-state index in [1.807, 2.05) is 30.3 Å². The Morgan fingerprint density at radius 3 is 2.08 bits per heavy atom. The maximum atomic E-state index is 14.6. The lowest BCUT2D eigenvalue weighted by Crippen LogP contribution is -2.65. The SMILES string of the molecule is CC(=O)N1CCC(C(=O)N[C@H](CC2CCCCC2)C(=O)N2CCC2C(=O)N[C@H](Cc2ccc(O)cc2)C(=O)N[C@@H](CCCCN=C(N)N)C(N)=O)(c2ccccc2)CC1. The number of piperidine rings is 1. The van der Waals surface area contributed by atoms with Crippen LogP contribution in [-0.2, 0) is 40.6 Å². The lowest BCUT2D eigenvalue weighted by molar-refractivity contribution is -0.151. The Kier molecular flexibility index (Phi) is 15.7. The largest absolute Gasteiger partial charge is 0.508 e. The molecule has 1 aliphatic carbocycles. The monoisotopic (exact) mass is 815 g/mol. The number of nitrogens with zero attached hydrogens (tertiary/aromatic N) is 3. The number of carbonyl (C=O) groups is 6. The van der Waals surface area contributed by atoms with Crippen LogP contribution in [0, 0.1) is 5.92 Å². The Labute approximate surface area is 346 Å². The molecule has 0 spiro atoms. The van der Waals surface area contributed by atoms with Gasteiger partial charge in [0.2, 0.25) is 35.4 Å². The number of hydrogen-bond acceptors (Lipinski definition) is 8. The second-order valence-electron chi connectivity index (χ2n) is 16.3. The minimum absolute atomic E-state index is 0.0253. The van der Waals surface area contributed by atoms with Crippen LogP contribution in [0.2, 0.25) is 0 Å². The molecule has 16 heteroatoms. The highest BCUT2D eigenvalue weighted by molar-refractivity contribution is 5.97. The third-order valence-corrected chi connectivity index (χ3v) is 12.2. The van der Waals surface area contributed by atoms with Crippen molar-refractivity contribution in [3.8, 4) is 5.75 Å². The van der Waals surface area contributed by atoms with E-state index < -0.39 is 47.3 Å². The molecule has 2 aliphatic heterocycles. The highest BCUT2D eigenvalue weighted by Gasteiger charge is 2.47. The fourth-order valence-electron chi connectivity index (χ4n) is 8.58. The van der Waals surface area contributed by atoms with Gasteiger partial charge in [0, 0.05) is 39.5 Å². The summed E-state index contributed by atoms with van der Waals surface area (Å²) in [6, 6.07) is 11.7. The van der Waals surface area contributed by atoms with Gasteiger partial charge < -0.3 is 48.1 Å².